The molecule has 6 nitrogen and oxygen atoms in total. The summed E-state index contributed by atoms with van der Waals surface area (Å²) < 4.78 is 5.26. The van der Waals surface area contributed by atoms with Crippen molar-refractivity contribution in [2.24, 2.45) is 4.99 Å². The molecule has 7 heteroatoms. The second-order valence-electron chi connectivity index (χ2n) is 5.29. The topological polar surface area (TPSA) is 82.7 Å². The molecule has 124 valence electrons. The molecule has 0 amide bonds. The molecule has 1 atom stereocenters. The van der Waals surface area contributed by atoms with Gasteiger partial charge in [0.15, 0.2) is 5.96 Å². The molecule has 2 aromatic rings. The van der Waals surface area contributed by atoms with Crippen LogP contribution < -0.4 is 10.6 Å². The van der Waals surface area contributed by atoms with Gasteiger partial charge in [-0.05, 0) is 37.6 Å². The van der Waals surface area contributed by atoms with Gasteiger partial charge in [-0.2, -0.15) is 0 Å². The summed E-state index contributed by atoms with van der Waals surface area (Å²) in [7, 11) is 0. The highest BCUT2D eigenvalue weighted by Gasteiger charge is 2.26. The zero-order valence-electron chi connectivity index (χ0n) is 13.2. The van der Waals surface area contributed by atoms with Crippen molar-refractivity contribution in [2.45, 2.75) is 26.0 Å². The average molecular weight is 337 g/mol. The Bertz CT molecular complexity index is 624. The van der Waals surface area contributed by atoms with Gasteiger partial charge in [0.2, 0.25) is 0 Å². The number of pyridine rings is 1. The van der Waals surface area contributed by atoms with Crippen LogP contribution in [-0.2, 0) is 12.1 Å². The van der Waals surface area contributed by atoms with Gasteiger partial charge >= 0.3 is 0 Å². The highest BCUT2D eigenvalue weighted by Crippen LogP contribution is 2.19. The minimum absolute atomic E-state index is 0.269. The molecule has 3 N–H and O–H groups in total. The highest BCUT2D eigenvalue weighted by atomic mass is 35.5. The first-order valence-electron chi connectivity index (χ1n) is 7.40. The number of guanidine groups is 1. The first kappa shape index (κ1) is 17.3. The van der Waals surface area contributed by atoms with Crippen molar-refractivity contribution in [3.05, 3.63) is 53.2 Å². The van der Waals surface area contributed by atoms with E-state index in [9.17, 15) is 5.11 Å². The minimum Gasteiger partial charge on any atom is -0.466 e. The Balaban J connectivity index is 1.97. The number of furan rings is 1. The molecule has 1 unspecified atom stereocenters. The van der Waals surface area contributed by atoms with Gasteiger partial charge < -0.3 is 20.2 Å². The Kier molecular flexibility index (Phi) is 6.01. The lowest BCUT2D eigenvalue weighted by Crippen LogP contribution is -2.44. The average Bonchev–Trinajstić information content (AvgIpc) is 3.07. The summed E-state index contributed by atoms with van der Waals surface area (Å²) in [5.41, 5.74) is -0.175. The number of aliphatic imine (C=N–C) groups is 1. The van der Waals surface area contributed by atoms with Crippen molar-refractivity contribution in [2.75, 3.05) is 13.1 Å². The molecule has 0 saturated carbocycles. The van der Waals surface area contributed by atoms with Crippen LogP contribution >= 0.6 is 11.6 Å². The third-order valence-electron chi connectivity index (χ3n) is 3.20. The van der Waals surface area contributed by atoms with Gasteiger partial charge in [0.05, 0.1) is 19.4 Å². The molecule has 0 aliphatic rings. The molecule has 0 fully saturated rings. The highest BCUT2D eigenvalue weighted by molar-refractivity contribution is 6.29. The Morgan fingerprint density at radius 3 is 2.83 bits per heavy atom. The maximum absolute atomic E-state index is 10.4. The van der Waals surface area contributed by atoms with Crippen molar-refractivity contribution < 1.29 is 9.52 Å². The number of aromatic nitrogens is 1. The largest absolute Gasteiger partial charge is 0.466 e. The lowest BCUT2D eigenvalue weighted by Gasteiger charge is -2.22. The third-order valence-corrected chi connectivity index (χ3v) is 3.43. The third kappa shape index (κ3) is 5.26. The quantitative estimate of drug-likeness (QED) is 0.428. The first-order valence-corrected chi connectivity index (χ1v) is 7.78. The lowest BCUT2D eigenvalue weighted by molar-refractivity contribution is 0.0386. The number of halogens is 1. The molecule has 23 heavy (non-hydrogen) atoms. The summed E-state index contributed by atoms with van der Waals surface area (Å²) >= 11 is 5.76. The molecular weight excluding hydrogens is 316 g/mol. The number of rotatable bonds is 6. The van der Waals surface area contributed by atoms with Gasteiger partial charge in [0, 0.05) is 12.7 Å². The van der Waals surface area contributed by atoms with E-state index >= 15 is 0 Å². The Labute approximate surface area is 140 Å². The molecule has 0 bridgehead atoms. The molecule has 0 aromatic carbocycles. The minimum atomic E-state index is -1.12. The van der Waals surface area contributed by atoms with Crippen molar-refractivity contribution in [3.8, 4) is 0 Å². The maximum Gasteiger partial charge on any atom is 0.191 e. The van der Waals surface area contributed by atoms with Crippen LogP contribution in [0.4, 0.5) is 0 Å². The van der Waals surface area contributed by atoms with E-state index in [1.54, 1.807) is 31.3 Å². The molecule has 0 radical (unpaired) electrons. The fourth-order valence-electron chi connectivity index (χ4n) is 1.94. The van der Waals surface area contributed by atoms with Crippen molar-refractivity contribution in [1.29, 1.82) is 0 Å². The van der Waals surface area contributed by atoms with E-state index < -0.39 is 5.60 Å². The predicted molar refractivity (Wildman–Crippen MR) is 90.3 cm³/mol. The van der Waals surface area contributed by atoms with Gasteiger partial charge in [-0.15, -0.1) is 0 Å². The molecule has 2 heterocycles. The fourth-order valence-corrected chi connectivity index (χ4v) is 2.05. The van der Waals surface area contributed by atoms with Gasteiger partial charge in [-0.3, -0.25) is 0 Å². The van der Waals surface area contributed by atoms with Crippen LogP contribution in [0.3, 0.4) is 0 Å². The summed E-state index contributed by atoms with van der Waals surface area (Å²) in [6, 6.07) is 7.09. The zero-order valence-corrected chi connectivity index (χ0v) is 14.0. The van der Waals surface area contributed by atoms with Gasteiger partial charge in [0.25, 0.3) is 0 Å². The number of hydrogen-bond acceptors (Lipinski definition) is 4. The Morgan fingerprint density at radius 2 is 2.22 bits per heavy atom. The molecule has 0 aliphatic heterocycles. The summed E-state index contributed by atoms with van der Waals surface area (Å²) in [5, 5.41) is 17.1. The van der Waals surface area contributed by atoms with Crippen LogP contribution in [0, 0.1) is 0 Å². The van der Waals surface area contributed by atoms with E-state index in [1.807, 2.05) is 13.0 Å². The maximum atomic E-state index is 10.4. The summed E-state index contributed by atoms with van der Waals surface area (Å²) in [6.45, 7) is 5.11. The molecule has 0 spiro atoms. The Morgan fingerprint density at radius 1 is 1.39 bits per heavy atom. The monoisotopic (exact) mass is 336 g/mol. The van der Waals surface area contributed by atoms with Gasteiger partial charge in [-0.25, -0.2) is 9.98 Å². The van der Waals surface area contributed by atoms with E-state index in [2.05, 4.69) is 20.6 Å². The number of nitrogens with one attached hydrogen (secondary N) is 2. The molecule has 0 aliphatic carbocycles. The number of aliphatic hydroxyl groups is 1. The van der Waals surface area contributed by atoms with Crippen LogP contribution in [0.15, 0.2) is 46.1 Å². The summed E-state index contributed by atoms with van der Waals surface area (Å²) in [6.07, 6.45) is 3.23. The fraction of sp³-hybridized carbons (Fsp3) is 0.375. The van der Waals surface area contributed by atoms with E-state index in [0.717, 1.165) is 5.56 Å². The Hall–Kier alpha value is -2.05. The smallest absolute Gasteiger partial charge is 0.191 e. The van der Waals surface area contributed by atoms with Crippen LogP contribution in [0.5, 0.6) is 0 Å². The van der Waals surface area contributed by atoms with Crippen LogP contribution in [0.1, 0.15) is 25.2 Å². The SMILES string of the molecule is CCNC(=NCc1ccc(Cl)nc1)NCC(C)(O)c1ccco1. The predicted octanol–water partition coefficient (Wildman–Crippen LogP) is 2.29. The first-order chi connectivity index (χ1) is 11.0. The normalized spacial score (nSPS) is 14.3. The molecular formula is C16H21ClN4O2. The van der Waals surface area contributed by atoms with E-state index in [0.29, 0.717) is 30.0 Å². The second kappa shape index (κ2) is 7.99. The van der Waals surface area contributed by atoms with Crippen LogP contribution in [0.2, 0.25) is 5.15 Å². The summed E-state index contributed by atoms with van der Waals surface area (Å²) in [4.78, 5) is 8.49. The lowest BCUT2D eigenvalue weighted by atomic mass is 10.0. The van der Waals surface area contributed by atoms with Gasteiger partial charge in [-0.1, -0.05) is 17.7 Å². The van der Waals surface area contributed by atoms with Crippen molar-refractivity contribution >= 4 is 17.6 Å². The number of hydrogen-bond donors (Lipinski definition) is 3. The standard InChI is InChI=1S/C16H21ClN4O2/c1-3-18-15(20-10-12-6-7-14(17)19-9-12)21-11-16(2,22)13-5-4-8-23-13/h4-9,22H,3,10-11H2,1-2H3,(H2,18,20,21). The molecule has 2 aromatic heterocycles. The van der Waals surface area contributed by atoms with Crippen molar-refractivity contribution in [3.63, 3.8) is 0 Å². The van der Waals surface area contributed by atoms with Gasteiger partial charge in [0.1, 0.15) is 16.5 Å². The molecule has 2 rings (SSSR count). The van der Waals surface area contributed by atoms with E-state index in [1.165, 1.54) is 6.26 Å². The second-order valence-corrected chi connectivity index (χ2v) is 5.68. The number of nitrogens with zero attached hydrogens (tertiary/aromatic N) is 2. The molecule has 0 saturated heterocycles. The van der Waals surface area contributed by atoms with Crippen molar-refractivity contribution in [1.82, 2.24) is 15.6 Å². The van der Waals surface area contributed by atoms with Crippen LogP contribution in [0.25, 0.3) is 0 Å². The van der Waals surface area contributed by atoms with Crippen LogP contribution in [-0.4, -0.2) is 29.1 Å². The summed E-state index contributed by atoms with van der Waals surface area (Å²) in [5.74, 6) is 1.11. The van der Waals surface area contributed by atoms with E-state index in [-0.39, 0.29) is 6.54 Å². The zero-order chi connectivity index (χ0) is 16.7. The van der Waals surface area contributed by atoms with E-state index in [4.69, 9.17) is 16.0 Å².